The molecule has 0 aliphatic heterocycles. The standard InChI is InChI=1S/C23H28BrN/c1-4-6-7-8-9-18-11-13-22-19(15-18)16-23(25(22)5-2)20-12-10-17(3)14-21(20)24/h10-16H,4-9H2,1-3H3. The molecule has 3 aromatic rings. The van der Waals surface area contributed by atoms with Crippen molar-refractivity contribution in [2.45, 2.75) is 59.4 Å². The summed E-state index contributed by atoms with van der Waals surface area (Å²) in [6.45, 7) is 7.61. The van der Waals surface area contributed by atoms with E-state index in [1.165, 1.54) is 69.9 Å². The fourth-order valence-corrected chi connectivity index (χ4v) is 4.32. The molecule has 132 valence electrons. The largest absolute Gasteiger partial charge is 0.341 e. The molecule has 0 unspecified atom stereocenters. The van der Waals surface area contributed by atoms with Gasteiger partial charge in [0, 0.05) is 27.5 Å². The van der Waals surface area contributed by atoms with Gasteiger partial charge < -0.3 is 4.57 Å². The molecule has 0 fully saturated rings. The Morgan fingerprint density at radius 2 is 1.76 bits per heavy atom. The lowest BCUT2D eigenvalue weighted by Gasteiger charge is -2.10. The molecule has 0 radical (unpaired) electrons. The highest BCUT2D eigenvalue weighted by molar-refractivity contribution is 9.10. The third kappa shape index (κ3) is 4.00. The second-order valence-electron chi connectivity index (χ2n) is 6.96. The van der Waals surface area contributed by atoms with Gasteiger partial charge >= 0.3 is 0 Å². The quantitative estimate of drug-likeness (QED) is 0.363. The van der Waals surface area contributed by atoms with Crippen molar-refractivity contribution in [1.29, 1.82) is 0 Å². The molecule has 0 saturated heterocycles. The van der Waals surface area contributed by atoms with E-state index in [4.69, 9.17) is 0 Å². The molecule has 3 rings (SSSR count). The first-order valence-corrected chi connectivity index (χ1v) is 10.3. The summed E-state index contributed by atoms with van der Waals surface area (Å²) >= 11 is 3.75. The van der Waals surface area contributed by atoms with Gasteiger partial charge in [0.2, 0.25) is 0 Å². The second-order valence-corrected chi connectivity index (χ2v) is 7.82. The van der Waals surface area contributed by atoms with Gasteiger partial charge in [0.1, 0.15) is 0 Å². The van der Waals surface area contributed by atoms with E-state index in [1.54, 1.807) is 0 Å². The first-order chi connectivity index (χ1) is 12.1. The molecule has 0 aliphatic carbocycles. The first kappa shape index (κ1) is 18.3. The highest BCUT2D eigenvalue weighted by Crippen LogP contribution is 2.34. The van der Waals surface area contributed by atoms with Crippen LogP contribution in [0, 0.1) is 6.92 Å². The zero-order chi connectivity index (χ0) is 17.8. The molecule has 0 atom stereocenters. The lowest BCUT2D eigenvalue weighted by atomic mass is 10.0. The maximum atomic E-state index is 3.75. The molecule has 0 amide bonds. The number of halogens is 1. The van der Waals surface area contributed by atoms with Gasteiger partial charge in [0.05, 0.1) is 5.69 Å². The van der Waals surface area contributed by atoms with Gasteiger partial charge in [-0.05, 0) is 62.1 Å². The molecule has 0 bridgehead atoms. The van der Waals surface area contributed by atoms with Crippen LogP contribution in [0.15, 0.2) is 46.9 Å². The molecule has 1 aromatic heterocycles. The van der Waals surface area contributed by atoms with Gasteiger partial charge in [0.25, 0.3) is 0 Å². The lowest BCUT2D eigenvalue weighted by Crippen LogP contribution is -1.97. The Labute approximate surface area is 160 Å². The van der Waals surface area contributed by atoms with E-state index in [1.807, 2.05) is 0 Å². The monoisotopic (exact) mass is 397 g/mol. The zero-order valence-corrected chi connectivity index (χ0v) is 17.2. The van der Waals surface area contributed by atoms with E-state index >= 15 is 0 Å². The summed E-state index contributed by atoms with van der Waals surface area (Å²) in [5, 5.41) is 1.36. The maximum absolute atomic E-state index is 3.75. The van der Waals surface area contributed by atoms with Crippen LogP contribution in [0.2, 0.25) is 0 Å². The minimum atomic E-state index is 0.981. The predicted molar refractivity (Wildman–Crippen MR) is 113 cm³/mol. The minimum Gasteiger partial charge on any atom is -0.341 e. The van der Waals surface area contributed by atoms with Crippen molar-refractivity contribution in [3.8, 4) is 11.3 Å². The number of fused-ring (bicyclic) bond motifs is 1. The number of benzene rings is 2. The summed E-state index contributed by atoms with van der Waals surface area (Å²) < 4.78 is 3.59. The van der Waals surface area contributed by atoms with Crippen LogP contribution in [0.3, 0.4) is 0 Å². The summed E-state index contributed by atoms with van der Waals surface area (Å²) in [6, 6.07) is 16.0. The second kappa shape index (κ2) is 8.23. The first-order valence-electron chi connectivity index (χ1n) is 9.52. The Kier molecular flexibility index (Phi) is 6.01. The van der Waals surface area contributed by atoms with Crippen LogP contribution in [0.4, 0.5) is 0 Å². The van der Waals surface area contributed by atoms with Crippen molar-refractivity contribution < 1.29 is 0 Å². The zero-order valence-electron chi connectivity index (χ0n) is 15.6. The van der Waals surface area contributed by atoms with Crippen molar-refractivity contribution in [2.75, 3.05) is 0 Å². The van der Waals surface area contributed by atoms with Crippen LogP contribution in [-0.2, 0) is 13.0 Å². The van der Waals surface area contributed by atoms with E-state index in [2.05, 4.69) is 83.7 Å². The molecule has 2 aromatic carbocycles. The fraction of sp³-hybridized carbons (Fsp3) is 0.391. The topological polar surface area (TPSA) is 4.93 Å². The van der Waals surface area contributed by atoms with Gasteiger partial charge in [-0.2, -0.15) is 0 Å². The number of unbranched alkanes of at least 4 members (excludes halogenated alkanes) is 3. The summed E-state index contributed by atoms with van der Waals surface area (Å²) in [4.78, 5) is 0. The third-order valence-electron chi connectivity index (χ3n) is 5.00. The fourth-order valence-electron chi connectivity index (χ4n) is 3.62. The van der Waals surface area contributed by atoms with Crippen molar-refractivity contribution in [3.63, 3.8) is 0 Å². The van der Waals surface area contributed by atoms with E-state index in [-0.39, 0.29) is 0 Å². The molecule has 25 heavy (non-hydrogen) atoms. The predicted octanol–water partition coefficient (Wildman–Crippen LogP) is 7.52. The number of hydrogen-bond acceptors (Lipinski definition) is 0. The van der Waals surface area contributed by atoms with E-state index in [9.17, 15) is 0 Å². The van der Waals surface area contributed by atoms with Gasteiger partial charge in [-0.1, -0.05) is 60.3 Å². The van der Waals surface area contributed by atoms with Crippen LogP contribution in [-0.4, -0.2) is 4.57 Å². The summed E-state index contributed by atoms with van der Waals surface area (Å²) in [6.07, 6.45) is 6.47. The van der Waals surface area contributed by atoms with Crippen LogP contribution in [0.25, 0.3) is 22.2 Å². The third-order valence-corrected chi connectivity index (χ3v) is 5.66. The average molecular weight is 398 g/mol. The summed E-state index contributed by atoms with van der Waals surface area (Å²) in [5.74, 6) is 0. The average Bonchev–Trinajstić information content (AvgIpc) is 2.96. The highest BCUT2D eigenvalue weighted by atomic mass is 79.9. The number of rotatable bonds is 7. The van der Waals surface area contributed by atoms with Gasteiger partial charge in [-0.15, -0.1) is 0 Å². The Hall–Kier alpha value is -1.54. The summed E-state index contributed by atoms with van der Waals surface area (Å²) in [5.41, 5.74) is 6.65. The van der Waals surface area contributed by atoms with Crippen molar-refractivity contribution in [1.82, 2.24) is 4.57 Å². The van der Waals surface area contributed by atoms with Crippen LogP contribution in [0.1, 0.15) is 50.7 Å². The van der Waals surface area contributed by atoms with Gasteiger partial charge in [-0.3, -0.25) is 0 Å². The van der Waals surface area contributed by atoms with Gasteiger partial charge in [0.15, 0.2) is 0 Å². The Morgan fingerprint density at radius 1 is 0.920 bits per heavy atom. The van der Waals surface area contributed by atoms with Gasteiger partial charge in [-0.25, -0.2) is 0 Å². The van der Waals surface area contributed by atoms with Crippen molar-refractivity contribution in [3.05, 3.63) is 58.1 Å². The maximum Gasteiger partial charge on any atom is 0.0502 e. The molecule has 1 nitrogen and oxygen atoms in total. The number of nitrogens with zero attached hydrogens (tertiary/aromatic N) is 1. The molecular formula is C23H28BrN. The molecule has 1 heterocycles. The van der Waals surface area contributed by atoms with Crippen molar-refractivity contribution >= 4 is 26.8 Å². The SMILES string of the molecule is CCCCCCc1ccc2c(c1)cc(-c1ccc(C)cc1Br)n2CC. The van der Waals surface area contributed by atoms with Crippen LogP contribution >= 0.6 is 15.9 Å². The molecule has 0 saturated carbocycles. The highest BCUT2D eigenvalue weighted by Gasteiger charge is 2.12. The minimum absolute atomic E-state index is 0.981. The van der Waals surface area contributed by atoms with Crippen molar-refractivity contribution in [2.24, 2.45) is 0 Å². The molecule has 0 N–H and O–H groups in total. The van der Waals surface area contributed by atoms with Crippen LogP contribution < -0.4 is 0 Å². The summed E-state index contributed by atoms with van der Waals surface area (Å²) in [7, 11) is 0. The number of aromatic nitrogens is 1. The smallest absolute Gasteiger partial charge is 0.0502 e. The Balaban J connectivity index is 1.96. The molecule has 0 spiro atoms. The molecular weight excluding hydrogens is 370 g/mol. The van der Waals surface area contributed by atoms with E-state index in [0.717, 1.165) is 6.54 Å². The molecule has 0 aliphatic rings. The molecule has 2 heteroatoms. The number of hydrogen-bond donors (Lipinski definition) is 0. The normalized spacial score (nSPS) is 11.4. The Bertz CT molecular complexity index is 860. The van der Waals surface area contributed by atoms with E-state index in [0.29, 0.717) is 0 Å². The van der Waals surface area contributed by atoms with E-state index < -0.39 is 0 Å². The lowest BCUT2D eigenvalue weighted by molar-refractivity contribution is 0.667. The Morgan fingerprint density at radius 3 is 2.48 bits per heavy atom. The number of aryl methyl sites for hydroxylation is 3. The van der Waals surface area contributed by atoms with Crippen LogP contribution in [0.5, 0.6) is 0 Å².